The molecule has 1 aliphatic rings. The summed E-state index contributed by atoms with van der Waals surface area (Å²) in [7, 11) is 1.58. The quantitative estimate of drug-likeness (QED) is 0.718. The van der Waals surface area contributed by atoms with Crippen LogP contribution in [-0.4, -0.2) is 31.2 Å². The SMILES string of the molecule is CNC(=O)COc1ccccc1CNCC1(O)CCc2ccccc21. The lowest BCUT2D eigenvalue weighted by atomic mass is 9.96. The van der Waals surface area contributed by atoms with Crippen molar-refractivity contribution in [2.45, 2.75) is 25.0 Å². The van der Waals surface area contributed by atoms with E-state index in [1.54, 1.807) is 7.05 Å². The van der Waals surface area contributed by atoms with Gasteiger partial charge in [-0.2, -0.15) is 0 Å². The number of likely N-dealkylation sites (N-methyl/N-ethyl adjacent to an activating group) is 1. The molecule has 3 N–H and O–H groups in total. The maximum atomic E-state index is 11.4. The molecule has 1 unspecified atom stereocenters. The monoisotopic (exact) mass is 340 g/mol. The molecule has 5 heteroatoms. The first-order chi connectivity index (χ1) is 12.1. The standard InChI is InChI=1S/C20H24N2O3/c1-21-19(23)13-25-18-9-5-3-7-16(18)12-22-14-20(24)11-10-15-6-2-4-8-17(15)20/h2-9,22,24H,10-14H2,1H3,(H,21,23). The van der Waals surface area contributed by atoms with E-state index in [0.29, 0.717) is 18.8 Å². The lowest BCUT2D eigenvalue weighted by Crippen LogP contribution is -2.36. The first kappa shape index (κ1) is 17.5. The van der Waals surface area contributed by atoms with E-state index >= 15 is 0 Å². The molecule has 0 saturated heterocycles. The normalized spacial score (nSPS) is 18.6. The van der Waals surface area contributed by atoms with Crippen molar-refractivity contribution in [2.75, 3.05) is 20.2 Å². The molecule has 0 aliphatic heterocycles. The van der Waals surface area contributed by atoms with Gasteiger partial charge in [0.15, 0.2) is 6.61 Å². The molecule has 0 spiro atoms. The first-order valence-electron chi connectivity index (χ1n) is 8.55. The summed E-state index contributed by atoms with van der Waals surface area (Å²) in [6.07, 6.45) is 1.63. The Balaban J connectivity index is 1.60. The van der Waals surface area contributed by atoms with E-state index in [1.165, 1.54) is 5.56 Å². The second-order valence-electron chi connectivity index (χ2n) is 6.36. The number of hydrogen-bond acceptors (Lipinski definition) is 4. The van der Waals surface area contributed by atoms with Gasteiger partial charge in [0.25, 0.3) is 5.91 Å². The van der Waals surface area contributed by atoms with Crippen LogP contribution < -0.4 is 15.4 Å². The number of nitrogens with one attached hydrogen (secondary N) is 2. The van der Waals surface area contributed by atoms with Crippen LogP contribution in [0.25, 0.3) is 0 Å². The Labute approximate surface area is 148 Å². The molecule has 1 atom stereocenters. The number of benzene rings is 2. The first-order valence-corrected chi connectivity index (χ1v) is 8.55. The second-order valence-corrected chi connectivity index (χ2v) is 6.36. The third kappa shape index (κ3) is 4.00. The van der Waals surface area contributed by atoms with E-state index in [2.05, 4.69) is 16.7 Å². The fraction of sp³-hybridized carbons (Fsp3) is 0.350. The highest BCUT2D eigenvalue weighted by molar-refractivity contribution is 5.77. The number of amides is 1. The van der Waals surface area contributed by atoms with Gasteiger partial charge >= 0.3 is 0 Å². The van der Waals surface area contributed by atoms with E-state index in [0.717, 1.165) is 24.0 Å². The molecule has 0 bridgehead atoms. The van der Waals surface area contributed by atoms with Gasteiger partial charge in [-0.15, -0.1) is 0 Å². The molecule has 3 rings (SSSR count). The number of carbonyl (C=O) groups excluding carboxylic acids is 1. The molecule has 1 amide bonds. The fourth-order valence-electron chi connectivity index (χ4n) is 3.26. The zero-order valence-corrected chi connectivity index (χ0v) is 14.4. The minimum Gasteiger partial charge on any atom is -0.483 e. The summed E-state index contributed by atoms with van der Waals surface area (Å²) in [6.45, 7) is 1.03. The Hall–Kier alpha value is -2.37. The van der Waals surface area contributed by atoms with Crippen LogP contribution in [0.15, 0.2) is 48.5 Å². The smallest absolute Gasteiger partial charge is 0.257 e. The minimum absolute atomic E-state index is 0.00910. The summed E-state index contributed by atoms with van der Waals surface area (Å²) >= 11 is 0. The molecule has 0 aromatic heterocycles. The average molecular weight is 340 g/mol. The van der Waals surface area contributed by atoms with Crippen LogP contribution in [0, 0.1) is 0 Å². The summed E-state index contributed by atoms with van der Waals surface area (Å²) in [5, 5.41) is 16.8. The molecule has 2 aromatic carbocycles. The Morgan fingerprint density at radius 3 is 2.80 bits per heavy atom. The van der Waals surface area contributed by atoms with Gasteiger partial charge < -0.3 is 20.5 Å². The van der Waals surface area contributed by atoms with E-state index < -0.39 is 5.60 Å². The molecule has 0 saturated carbocycles. The Bertz CT molecular complexity index is 747. The zero-order valence-electron chi connectivity index (χ0n) is 14.4. The number of hydrogen-bond donors (Lipinski definition) is 3. The van der Waals surface area contributed by atoms with Gasteiger partial charge in [0.2, 0.25) is 0 Å². The van der Waals surface area contributed by atoms with Crippen molar-refractivity contribution in [3.05, 3.63) is 65.2 Å². The van der Waals surface area contributed by atoms with Crippen molar-refractivity contribution in [2.24, 2.45) is 0 Å². The minimum atomic E-state index is -0.825. The molecule has 132 valence electrons. The fourth-order valence-corrected chi connectivity index (χ4v) is 3.26. The predicted molar refractivity (Wildman–Crippen MR) is 96.4 cm³/mol. The number of rotatable bonds is 7. The summed E-state index contributed by atoms with van der Waals surface area (Å²) in [5.74, 6) is 0.511. The molecular weight excluding hydrogens is 316 g/mol. The maximum absolute atomic E-state index is 11.4. The highest BCUT2D eigenvalue weighted by Gasteiger charge is 2.35. The lowest BCUT2D eigenvalue weighted by Gasteiger charge is -2.25. The van der Waals surface area contributed by atoms with Gasteiger partial charge in [0.05, 0.1) is 0 Å². The molecule has 25 heavy (non-hydrogen) atoms. The van der Waals surface area contributed by atoms with Crippen molar-refractivity contribution in [1.29, 1.82) is 0 Å². The van der Waals surface area contributed by atoms with Crippen molar-refractivity contribution < 1.29 is 14.6 Å². The number of ether oxygens (including phenoxy) is 1. The van der Waals surface area contributed by atoms with Crippen molar-refractivity contribution in [3.63, 3.8) is 0 Å². The summed E-state index contributed by atoms with van der Waals surface area (Å²) in [5.41, 5.74) is 2.38. The van der Waals surface area contributed by atoms with Gasteiger partial charge in [-0.1, -0.05) is 42.5 Å². The zero-order chi connectivity index (χ0) is 17.7. The number of carbonyl (C=O) groups is 1. The lowest BCUT2D eigenvalue weighted by molar-refractivity contribution is -0.122. The van der Waals surface area contributed by atoms with E-state index in [4.69, 9.17) is 4.74 Å². The van der Waals surface area contributed by atoms with Crippen molar-refractivity contribution in [1.82, 2.24) is 10.6 Å². The maximum Gasteiger partial charge on any atom is 0.257 e. The van der Waals surface area contributed by atoms with Crippen molar-refractivity contribution in [3.8, 4) is 5.75 Å². The van der Waals surface area contributed by atoms with Gasteiger partial charge in [-0.05, 0) is 30.0 Å². The molecule has 1 aliphatic carbocycles. The Morgan fingerprint density at radius 1 is 1.20 bits per heavy atom. The molecule has 0 heterocycles. The second kappa shape index (κ2) is 7.68. The molecule has 0 fully saturated rings. The van der Waals surface area contributed by atoms with Gasteiger partial charge in [0.1, 0.15) is 11.4 Å². The third-order valence-corrected chi connectivity index (χ3v) is 4.67. The number of fused-ring (bicyclic) bond motifs is 1. The van der Waals surface area contributed by atoms with Gasteiger partial charge in [-0.3, -0.25) is 4.79 Å². The van der Waals surface area contributed by atoms with Gasteiger partial charge in [-0.25, -0.2) is 0 Å². The summed E-state index contributed by atoms with van der Waals surface area (Å²) in [6, 6.07) is 15.7. The molecule has 2 aromatic rings. The molecule has 0 radical (unpaired) electrons. The largest absolute Gasteiger partial charge is 0.483 e. The molecular formula is C20H24N2O3. The van der Waals surface area contributed by atoms with E-state index in [1.807, 2.05) is 42.5 Å². The average Bonchev–Trinajstić information content (AvgIpc) is 2.98. The Kier molecular flexibility index (Phi) is 5.36. The van der Waals surface area contributed by atoms with Crippen molar-refractivity contribution >= 4 is 5.91 Å². The molecule has 5 nitrogen and oxygen atoms in total. The van der Waals surface area contributed by atoms with Crippen LogP contribution in [0.1, 0.15) is 23.1 Å². The van der Waals surface area contributed by atoms with Crippen LogP contribution in [0.5, 0.6) is 5.75 Å². The third-order valence-electron chi connectivity index (χ3n) is 4.67. The number of aryl methyl sites for hydroxylation is 1. The van der Waals surface area contributed by atoms with Crippen LogP contribution in [0.2, 0.25) is 0 Å². The van der Waals surface area contributed by atoms with Crippen LogP contribution in [0.4, 0.5) is 0 Å². The van der Waals surface area contributed by atoms with Gasteiger partial charge in [0, 0.05) is 25.7 Å². The van der Waals surface area contributed by atoms with Crippen LogP contribution in [-0.2, 0) is 23.4 Å². The summed E-state index contributed by atoms with van der Waals surface area (Å²) < 4.78 is 5.58. The predicted octanol–water partition coefficient (Wildman–Crippen LogP) is 1.73. The number of aliphatic hydroxyl groups is 1. The van der Waals surface area contributed by atoms with E-state index in [-0.39, 0.29) is 12.5 Å². The van der Waals surface area contributed by atoms with Crippen LogP contribution in [0.3, 0.4) is 0 Å². The Morgan fingerprint density at radius 2 is 1.96 bits per heavy atom. The van der Waals surface area contributed by atoms with Crippen LogP contribution >= 0.6 is 0 Å². The van der Waals surface area contributed by atoms with E-state index in [9.17, 15) is 9.90 Å². The number of para-hydroxylation sites is 1. The summed E-state index contributed by atoms with van der Waals surface area (Å²) in [4.78, 5) is 11.4. The highest BCUT2D eigenvalue weighted by Crippen LogP contribution is 2.36. The highest BCUT2D eigenvalue weighted by atomic mass is 16.5. The topological polar surface area (TPSA) is 70.6 Å².